The average molecular weight is 547 g/mol. The minimum atomic E-state index is -0.153. The van der Waals surface area contributed by atoms with Crippen LogP contribution in [0.3, 0.4) is 0 Å². The van der Waals surface area contributed by atoms with Gasteiger partial charge in [0.05, 0.1) is 12.1 Å². The smallest absolute Gasteiger partial charge is 0.410 e. The van der Waals surface area contributed by atoms with Gasteiger partial charge in [0.15, 0.2) is 0 Å². The third-order valence-corrected chi connectivity index (χ3v) is 12.0. The fraction of sp³-hybridized carbons (Fsp3) is 0.938. The van der Waals surface area contributed by atoms with E-state index < -0.39 is 0 Å². The number of carbonyl (C=O) groups is 2. The van der Waals surface area contributed by atoms with Crippen LogP contribution < -0.4 is 5.32 Å². The van der Waals surface area contributed by atoms with E-state index in [1.54, 1.807) is 0 Å². The van der Waals surface area contributed by atoms with Gasteiger partial charge in [-0.05, 0) is 75.5 Å². The summed E-state index contributed by atoms with van der Waals surface area (Å²) in [5.74, 6) is 2.75. The third-order valence-electron chi connectivity index (χ3n) is 12.0. The highest BCUT2D eigenvalue weighted by Crippen LogP contribution is 2.37. The highest BCUT2D eigenvalue weighted by atomic mass is 16.6. The van der Waals surface area contributed by atoms with E-state index in [1.165, 1.54) is 19.3 Å². The zero-order valence-corrected chi connectivity index (χ0v) is 26.2. The SMILES string of the molecule is CCC(C)C(C)C(C)C(C)C(C)C(C)OC(=O)N1CCC(C)(N2CCC(N3C(=O)NC4CCCCC43)CC2)C1. The first-order valence-corrected chi connectivity index (χ1v) is 16.3. The van der Waals surface area contributed by atoms with Crippen molar-refractivity contribution in [2.75, 3.05) is 26.2 Å². The van der Waals surface area contributed by atoms with Gasteiger partial charge in [-0.25, -0.2) is 9.59 Å². The zero-order valence-electron chi connectivity index (χ0n) is 26.2. The molecular weight excluding hydrogens is 488 g/mol. The summed E-state index contributed by atoms with van der Waals surface area (Å²) in [6.45, 7) is 21.8. The van der Waals surface area contributed by atoms with E-state index in [0.717, 1.165) is 58.3 Å². The highest BCUT2D eigenvalue weighted by Gasteiger charge is 2.47. The summed E-state index contributed by atoms with van der Waals surface area (Å²) in [6.07, 6.45) is 8.72. The molecule has 0 radical (unpaired) electrons. The van der Waals surface area contributed by atoms with Crippen LogP contribution in [0.4, 0.5) is 9.59 Å². The zero-order chi connectivity index (χ0) is 28.5. The molecule has 0 aromatic carbocycles. The Morgan fingerprint density at radius 2 is 1.59 bits per heavy atom. The van der Waals surface area contributed by atoms with Gasteiger partial charge in [0.2, 0.25) is 0 Å². The summed E-state index contributed by atoms with van der Waals surface area (Å²) in [5.41, 5.74) is -0.0208. The number of ether oxygens (including phenoxy) is 1. The summed E-state index contributed by atoms with van der Waals surface area (Å²) in [6, 6.07) is 1.25. The number of likely N-dealkylation sites (tertiary alicyclic amines) is 2. The molecule has 224 valence electrons. The van der Waals surface area contributed by atoms with Crippen LogP contribution in [0.15, 0.2) is 0 Å². The quantitative estimate of drug-likeness (QED) is 0.365. The van der Waals surface area contributed by atoms with Gasteiger partial charge in [-0.2, -0.15) is 0 Å². The molecular formula is C32H58N4O3. The van der Waals surface area contributed by atoms with E-state index in [2.05, 4.69) is 70.5 Å². The summed E-state index contributed by atoms with van der Waals surface area (Å²) in [5, 5.41) is 3.26. The van der Waals surface area contributed by atoms with E-state index in [4.69, 9.17) is 4.74 Å². The van der Waals surface area contributed by atoms with Crippen molar-refractivity contribution in [2.24, 2.45) is 29.6 Å². The summed E-state index contributed by atoms with van der Waals surface area (Å²) < 4.78 is 6.08. The van der Waals surface area contributed by atoms with E-state index in [0.29, 0.717) is 47.7 Å². The molecule has 3 heterocycles. The van der Waals surface area contributed by atoms with Crippen molar-refractivity contribution in [3.8, 4) is 0 Å². The Balaban J connectivity index is 1.26. The molecule has 4 aliphatic rings. The summed E-state index contributed by atoms with van der Waals surface area (Å²) in [4.78, 5) is 32.8. The van der Waals surface area contributed by atoms with E-state index in [-0.39, 0.29) is 23.8 Å². The van der Waals surface area contributed by atoms with Gasteiger partial charge < -0.3 is 19.9 Å². The Labute approximate surface area is 238 Å². The first-order valence-electron chi connectivity index (χ1n) is 16.3. The topological polar surface area (TPSA) is 65.1 Å². The summed E-state index contributed by atoms with van der Waals surface area (Å²) in [7, 11) is 0. The monoisotopic (exact) mass is 546 g/mol. The largest absolute Gasteiger partial charge is 0.446 e. The second-order valence-electron chi connectivity index (χ2n) is 14.1. The predicted molar refractivity (Wildman–Crippen MR) is 158 cm³/mol. The van der Waals surface area contributed by atoms with Crippen molar-refractivity contribution in [2.45, 2.75) is 137 Å². The normalized spacial score (nSPS) is 33.2. The molecule has 3 aliphatic heterocycles. The molecule has 7 heteroatoms. The van der Waals surface area contributed by atoms with Crippen molar-refractivity contribution in [3.63, 3.8) is 0 Å². The molecule has 0 aromatic rings. The molecule has 7 nitrogen and oxygen atoms in total. The molecule has 1 N–H and O–H groups in total. The average Bonchev–Trinajstić information content (AvgIpc) is 3.51. The van der Waals surface area contributed by atoms with Crippen LogP contribution >= 0.6 is 0 Å². The van der Waals surface area contributed by atoms with Gasteiger partial charge in [0, 0.05) is 37.8 Å². The molecule has 39 heavy (non-hydrogen) atoms. The van der Waals surface area contributed by atoms with Gasteiger partial charge in [-0.15, -0.1) is 0 Å². The molecule has 0 aromatic heterocycles. The van der Waals surface area contributed by atoms with Crippen LogP contribution in [0.5, 0.6) is 0 Å². The fourth-order valence-corrected chi connectivity index (χ4v) is 8.09. The minimum absolute atomic E-state index is 0.0208. The van der Waals surface area contributed by atoms with Crippen molar-refractivity contribution in [1.82, 2.24) is 20.0 Å². The molecule has 1 saturated carbocycles. The number of piperidine rings is 1. The maximum Gasteiger partial charge on any atom is 0.410 e. The molecule has 9 atom stereocenters. The molecule has 3 amide bonds. The molecule has 4 rings (SSSR count). The van der Waals surface area contributed by atoms with Crippen LogP contribution in [0, 0.1) is 29.6 Å². The molecule has 3 saturated heterocycles. The molecule has 0 bridgehead atoms. The number of urea groups is 1. The van der Waals surface area contributed by atoms with Crippen molar-refractivity contribution < 1.29 is 14.3 Å². The lowest BCUT2D eigenvalue weighted by Gasteiger charge is -2.45. The Morgan fingerprint density at radius 1 is 0.949 bits per heavy atom. The van der Waals surface area contributed by atoms with Crippen molar-refractivity contribution in [3.05, 3.63) is 0 Å². The van der Waals surface area contributed by atoms with Crippen molar-refractivity contribution in [1.29, 1.82) is 0 Å². The lowest BCUT2D eigenvalue weighted by molar-refractivity contribution is 0.0159. The highest BCUT2D eigenvalue weighted by molar-refractivity contribution is 5.78. The van der Waals surface area contributed by atoms with Crippen molar-refractivity contribution >= 4 is 12.1 Å². The minimum Gasteiger partial charge on any atom is -0.446 e. The van der Waals surface area contributed by atoms with Crippen LogP contribution in [-0.2, 0) is 4.74 Å². The number of amides is 3. The standard InChI is InChI=1S/C32H58N4O3/c1-9-21(2)22(3)23(4)24(5)25(6)26(7)39-31(38)34-19-16-32(8,20-34)35-17-14-27(15-18-35)36-29-13-11-10-12-28(29)33-30(36)37/h21-29H,9-20H2,1-8H3,(H,33,37). The Kier molecular flexibility index (Phi) is 9.81. The second-order valence-corrected chi connectivity index (χ2v) is 14.1. The van der Waals surface area contributed by atoms with Gasteiger partial charge in [-0.3, -0.25) is 4.90 Å². The lowest BCUT2D eigenvalue weighted by Crippen LogP contribution is -2.56. The molecule has 0 spiro atoms. The van der Waals surface area contributed by atoms with Crippen LogP contribution in [0.1, 0.15) is 107 Å². The van der Waals surface area contributed by atoms with E-state index in [9.17, 15) is 9.59 Å². The lowest BCUT2D eigenvalue weighted by atomic mass is 9.72. The number of hydrogen-bond donors (Lipinski definition) is 1. The molecule has 9 unspecified atom stereocenters. The first kappa shape index (κ1) is 30.5. The maximum atomic E-state index is 13.2. The van der Waals surface area contributed by atoms with Gasteiger partial charge >= 0.3 is 12.1 Å². The fourth-order valence-electron chi connectivity index (χ4n) is 8.09. The summed E-state index contributed by atoms with van der Waals surface area (Å²) >= 11 is 0. The molecule has 4 fully saturated rings. The van der Waals surface area contributed by atoms with Crippen LogP contribution in [0.25, 0.3) is 0 Å². The van der Waals surface area contributed by atoms with E-state index in [1.807, 2.05) is 4.90 Å². The molecule has 1 aliphatic carbocycles. The van der Waals surface area contributed by atoms with Gasteiger partial charge in [-0.1, -0.05) is 60.8 Å². The number of fused-ring (bicyclic) bond motifs is 1. The van der Waals surface area contributed by atoms with Gasteiger partial charge in [0.25, 0.3) is 0 Å². The number of rotatable bonds is 9. The third kappa shape index (κ3) is 6.38. The number of carbonyl (C=O) groups excluding carboxylic acids is 2. The Hall–Kier alpha value is -1.50. The van der Waals surface area contributed by atoms with E-state index >= 15 is 0 Å². The maximum absolute atomic E-state index is 13.2. The number of hydrogen-bond acceptors (Lipinski definition) is 4. The van der Waals surface area contributed by atoms with Crippen LogP contribution in [-0.4, -0.2) is 82.8 Å². The number of nitrogens with one attached hydrogen (secondary N) is 1. The number of nitrogens with zero attached hydrogens (tertiary/aromatic N) is 3. The first-order chi connectivity index (χ1) is 18.5. The van der Waals surface area contributed by atoms with Gasteiger partial charge in [0.1, 0.15) is 6.10 Å². The van der Waals surface area contributed by atoms with Crippen LogP contribution in [0.2, 0.25) is 0 Å². The predicted octanol–water partition coefficient (Wildman–Crippen LogP) is 6.37. The Bertz CT molecular complexity index is 845. The Morgan fingerprint density at radius 3 is 2.26 bits per heavy atom. The second kappa shape index (κ2) is 12.6.